The second-order valence-electron chi connectivity index (χ2n) is 4.77. The van der Waals surface area contributed by atoms with Gasteiger partial charge in [0.2, 0.25) is 5.91 Å². The highest BCUT2D eigenvalue weighted by Crippen LogP contribution is 2.22. The molecule has 2 rings (SSSR count). The largest absolute Gasteiger partial charge is 0.341 e. The van der Waals surface area contributed by atoms with Gasteiger partial charge in [-0.2, -0.15) is 0 Å². The Morgan fingerprint density at radius 2 is 2.38 bits per heavy atom. The Balaban J connectivity index is 1.80. The molecule has 2 nitrogen and oxygen atoms in total. The van der Waals surface area contributed by atoms with Crippen molar-refractivity contribution in [2.75, 3.05) is 13.1 Å². The van der Waals surface area contributed by atoms with Crippen molar-refractivity contribution in [3.63, 3.8) is 0 Å². The summed E-state index contributed by atoms with van der Waals surface area (Å²) in [5, 5.41) is 0. The number of hydrogen-bond donors (Lipinski definition) is 0. The smallest absolute Gasteiger partial charge is 0.223 e. The van der Waals surface area contributed by atoms with E-state index >= 15 is 0 Å². The Hall–Kier alpha value is -1.23. The van der Waals surface area contributed by atoms with Crippen LogP contribution in [0.25, 0.3) is 0 Å². The lowest BCUT2D eigenvalue weighted by Crippen LogP contribution is -2.26. The molecule has 0 N–H and O–H groups in total. The molecule has 0 spiro atoms. The Labute approximate surface area is 97.7 Å². The van der Waals surface area contributed by atoms with Gasteiger partial charge in [0.05, 0.1) is 0 Å². The molecule has 2 heteroatoms. The normalized spacial score (nSPS) is 25.4. The number of nitrogens with zero attached hydrogens (tertiary/aromatic N) is 1. The molecular formula is C14H19NO. The quantitative estimate of drug-likeness (QED) is 0.525. The van der Waals surface area contributed by atoms with E-state index in [1.165, 1.54) is 31.3 Å². The van der Waals surface area contributed by atoms with E-state index in [0.717, 1.165) is 19.5 Å². The number of rotatable bonds is 3. The minimum Gasteiger partial charge on any atom is -0.341 e. The maximum atomic E-state index is 11.6. The zero-order valence-electron chi connectivity index (χ0n) is 9.74. The zero-order valence-corrected chi connectivity index (χ0v) is 9.74. The van der Waals surface area contributed by atoms with Gasteiger partial charge in [-0.25, -0.2) is 0 Å². The zero-order chi connectivity index (χ0) is 11.4. The van der Waals surface area contributed by atoms with Crippen molar-refractivity contribution in [1.82, 2.24) is 4.90 Å². The molecule has 16 heavy (non-hydrogen) atoms. The third-order valence-electron chi connectivity index (χ3n) is 3.54. The maximum Gasteiger partial charge on any atom is 0.223 e. The van der Waals surface area contributed by atoms with Crippen LogP contribution < -0.4 is 0 Å². The number of likely N-dealkylation sites (tertiary alicyclic amines) is 1. The molecule has 2 aliphatic rings. The van der Waals surface area contributed by atoms with Gasteiger partial charge in [-0.05, 0) is 32.1 Å². The van der Waals surface area contributed by atoms with Gasteiger partial charge in [0.25, 0.3) is 0 Å². The van der Waals surface area contributed by atoms with Gasteiger partial charge >= 0.3 is 0 Å². The van der Waals surface area contributed by atoms with Crippen LogP contribution in [-0.4, -0.2) is 23.9 Å². The summed E-state index contributed by atoms with van der Waals surface area (Å²) in [6.45, 7) is 1.63. The number of terminal acetylenes is 1. The van der Waals surface area contributed by atoms with Gasteiger partial charge in [-0.3, -0.25) is 4.79 Å². The molecular weight excluding hydrogens is 198 g/mol. The fourth-order valence-corrected chi connectivity index (χ4v) is 2.51. The summed E-state index contributed by atoms with van der Waals surface area (Å²) >= 11 is 0. The van der Waals surface area contributed by atoms with E-state index < -0.39 is 0 Å². The van der Waals surface area contributed by atoms with E-state index in [2.05, 4.69) is 12.0 Å². The van der Waals surface area contributed by atoms with Gasteiger partial charge in [0.1, 0.15) is 0 Å². The van der Waals surface area contributed by atoms with Gasteiger partial charge in [-0.15, -0.1) is 12.3 Å². The summed E-state index contributed by atoms with van der Waals surface area (Å²) in [6.07, 6.45) is 14.4. The van der Waals surface area contributed by atoms with Crippen molar-refractivity contribution < 1.29 is 4.79 Å². The van der Waals surface area contributed by atoms with Crippen molar-refractivity contribution in [2.45, 2.75) is 38.5 Å². The minimum absolute atomic E-state index is 0.146. The SMILES string of the molecule is C#CC1CC(=O)N(CCC2=CCCCC2)C1. The van der Waals surface area contributed by atoms with Crippen molar-refractivity contribution in [1.29, 1.82) is 0 Å². The van der Waals surface area contributed by atoms with Crippen LogP contribution in [0.4, 0.5) is 0 Å². The lowest BCUT2D eigenvalue weighted by Gasteiger charge is -2.18. The van der Waals surface area contributed by atoms with Gasteiger partial charge in [0.15, 0.2) is 0 Å². The number of carbonyl (C=O) groups is 1. The van der Waals surface area contributed by atoms with Crippen LogP contribution in [0.2, 0.25) is 0 Å². The number of amides is 1. The molecule has 0 aromatic carbocycles. The Kier molecular flexibility index (Phi) is 3.66. The lowest BCUT2D eigenvalue weighted by molar-refractivity contribution is -0.127. The van der Waals surface area contributed by atoms with E-state index in [-0.39, 0.29) is 11.8 Å². The van der Waals surface area contributed by atoms with Crippen LogP contribution >= 0.6 is 0 Å². The predicted octanol–water partition coefficient (Wildman–Crippen LogP) is 2.36. The second kappa shape index (κ2) is 5.21. The van der Waals surface area contributed by atoms with Crippen LogP contribution in [0.15, 0.2) is 11.6 Å². The molecule has 1 fully saturated rings. The molecule has 1 aliphatic carbocycles. The standard InChI is InChI=1S/C14H19NO/c1-2-12-10-14(16)15(11-12)9-8-13-6-4-3-5-7-13/h1,6,12H,3-5,7-11H2. The van der Waals surface area contributed by atoms with Crippen LogP contribution in [0.5, 0.6) is 0 Å². The van der Waals surface area contributed by atoms with Crippen LogP contribution in [0.1, 0.15) is 38.5 Å². The van der Waals surface area contributed by atoms with Crippen molar-refractivity contribution in [3.8, 4) is 12.3 Å². The van der Waals surface area contributed by atoms with E-state index in [9.17, 15) is 4.79 Å². The molecule has 1 heterocycles. The molecule has 1 aliphatic heterocycles. The van der Waals surface area contributed by atoms with Crippen molar-refractivity contribution in [3.05, 3.63) is 11.6 Å². The molecule has 1 amide bonds. The Morgan fingerprint density at radius 1 is 1.50 bits per heavy atom. The third kappa shape index (κ3) is 2.66. The Bertz CT molecular complexity index is 337. The average Bonchev–Trinajstić information content (AvgIpc) is 2.69. The molecule has 86 valence electrons. The van der Waals surface area contributed by atoms with E-state index in [0.29, 0.717) is 6.42 Å². The second-order valence-corrected chi connectivity index (χ2v) is 4.77. The Morgan fingerprint density at radius 3 is 3.00 bits per heavy atom. The van der Waals surface area contributed by atoms with Gasteiger partial charge < -0.3 is 4.90 Å². The molecule has 1 unspecified atom stereocenters. The fourth-order valence-electron chi connectivity index (χ4n) is 2.51. The summed E-state index contributed by atoms with van der Waals surface area (Å²) < 4.78 is 0. The van der Waals surface area contributed by atoms with E-state index in [1.54, 1.807) is 0 Å². The molecule has 1 saturated heterocycles. The van der Waals surface area contributed by atoms with Crippen LogP contribution in [0, 0.1) is 18.3 Å². The van der Waals surface area contributed by atoms with E-state index in [4.69, 9.17) is 6.42 Å². The highest BCUT2D eigenvalue weighted by atomic mass is 16.2. The molecule has 1 atom stereocenters. The average molecular weight is 217 g/mol. The summed E-state index contributed by atoms with van der Waals surface area (Å²) in [5.41, 5.74) is 1.53. The number of allylic oxidation sites excluding steroid dienone is 1. The number of carbonyl (C=O) groups excluding carboxylic acids is 1. The molecule has 0 bridgehead atoms. The topological polar surface area (TPSA) is 20.3 Å². The first-order valence-corrected chi connectivity index (χ1v) is 6.21. The van der Waals surface area contributed by atoms with Gasteiger partial charge in [-0.1, -0.05) is 11.6 Å². The van der Waals surface area contributed by atoms with Crippen LogP contribution in [-0.2, 0) is 4.79 Å². The van der Waals surface area contributed by atoms with Gasteiger partial charge in [0, 0.05) is 25.4 Å². The highest BCUT2D eigenvalue weighted by molar-refractivity contribution is 5.79. The number of hydrogen-bond acceptors (Lipinski definition) is 1. The van der Waals surface area contributed by atoms with E-state index in [1.807, 2.05) is 4.90 Å². The third-order valence-corrected chi connectivity index (χ3v) is 3.54. The molecule has 0 aromatic rings. The molecule has 0 aromatic heterocycles. The first-order chi connectivity index (χ1) is 7.79. The first-order valence-electron chi connectivity index (χ1n) is 6.21. The summed E-state index contributed by atoms with van der Waals surface area (Å²) in [4.78, 5) is 13.6. The lowest BCUT2D eigenvalue weighted by atomic mass is 9.97. The fraction of sp³-hybridized carbons (Fsp3) is 0.643. The van der Waals surface area contributed by atoms with Crippen LogP contribution in [0.3, 0.4) is 0 Å². The van der Waals surface area contributed by atoms with Crippen molar-refractivity contribution in [2.24, 2.45) is 5.92 Å². The minimum atomic E-state index is 0.146. The predicted molar refractivity (Wildman–Crippen MR) is 64.7 cm³/mol. The van der Waals surface area contributed by atoms with Crippen molar-refractivity contribution >= 4 is 5.91 Å². The molecule has 0 saturated carbocycles. The summed E-state index contributed by atoms with van der Waals surface area (Å²) in [6, 6.07) is 0. The summed E-state index contributed by atoms with van der Waals surface area (Å²) in [5.74, 6) is 3.07. The molecule has 0 radical (unpaired) electrons. The maximum absolute atomic E-state index is 11.6. The highest BCUT2D eigenvalue weighted by Gasteiger charge is 2.27. The summed E-state index contributed by atoms with van der Waals surface area (Å²) in [7, 11) is 0. The monoisotopic (exact) mass is 217 g/mol. The first kappa shape index (κ1) is 11.3.